The fraction of sp³-hybridized carbons (Fsp3) is 0.944. The number of methoxy groups -OCH3 is 2. The van der Waals surface area contributed by atoms with E-state index in [9.17, 15) is 9.90 Å². The van der Waals surface area contributed by atoms with Gasteiger partial charge < -0.3 is 19.3 Å². The molecular formula is C18H30O5. The maximum atomic E-state index is 12.7. The summed E-state index contributed by atoms with van der Waals surface area (Å²) in [5, 5.41) is 11.1. The van der Waals surface area contributed by atoms with E-state index in [1.54, 1.807) is 14.2 Å². The number of aliphatic hydroxyl groups is 1. The zero-order valence-corrected chi connectivity index (χ0v) is 15.0. The Bertz CT molecular complexity index is 492. The second kappa shape index (κ2) is 4.93. The van der Waals surface area contributed by atoms with Gasteiger partial charge >= 0.3 is 5.97 Å². The molecule has 4 rings (SSSR count). The van der Waals surface area contributed by atoms with Gasteiger partial charge in [-0.2, -0.15) is 0 Å². The summed E-state index contributed by atoms with van der Waals surface area (Å²) in [6.07, 6.45) is 4.45. The fourth-order valence-electron chi connectivity index (χ4n) is 5.33. The molecule has 0 amide bonds. The molecule has 0 saturated heterocycles. The van der Waals surface area contributed by atoms with Gasteiger partial charge in [-0.1, -0.05) is 6.92 Å². The molecule has 0 aliphatic heterocycles. The summed E-state index contributed by atoms with van der Waals surface area (Å²) in [5.74, 6) is -0.192. The largest absolute Gasteiger partial charge is 0.458 e. The van der Waals surface area contributed by atoms with Crippen LogP contribution in [0.25, 0.3) is 0 Å². The Balaban J connectivity index is 1.95. The number of esters is 1. The van der Waals surface area contributed by atoms with E-state index in [-0.39, 0.29) is 5.97 Å². The highest BCUT2D eigenvalue weighted by Crippen LogP contribution is 2.64. The van der Waals surface area contributed by atoms with Gasteiger partial charge in [-0.25, -0.2) is 0 Å². The molecule has 4 saturated carbocycles. The van der Waals surface area contributed by atoms with Crippen LogP contribution in [-0.4, -0.2) is 47.7 Å². The second-order valence-electron chi connectivity index (χ2n) is 8.87. The zero-order valence-electron chi connectivity index (χ0n) is 15.0. The third-order valence-corrected chi connectivity index (χ3v) is 6.50. The smallest absolute Gasteiger partial charge is 0.312 e. The van der Waals surface area contributed by atoms with E-state index in [1.165, 1.54) is 0 Å². The summed E-state index contributed by atoms with van der Waals surface area (Å²) in [7, 11) is 3.37. The molecule has 5 heteroatoms. The van der Waals surface area contributed by atoms with Crippen molar-refractivity contribution in [3.63, 3.8) is 0 Å². The zero-order chi connectivity index (χ0) is 17.1. The van der Waals surface area contributed by atoms with Gasteiger partial charge in [-0.05, 0) is 20.3 Å². The number of rotatable bonds is 5. The highest BCUT2D eigenvalue weighted by molar-refractivity contribution is 5.76. The van der Waals surface area contributed by atoms with Crippen LogP contribution in [0.3, 0.4) is 0 Å². The van der Waals surface area contributed by atoms with Crippen LogP contribution in [0.4, 0.5) is 0 Å². The number of carbonyl (C=O) groups is 1. The van der Waals surface area contributed by atoms with E-state index < -0.39 is 27.8 Å². The Morgan fingerprint density at radius 2 is 1.39 bits per heavy atom. The Morgan fingerprint density at radius 1 is 0.957 bits per heavy atom. The number of ether oxygens (including phenoxy) is 3. The van der Waals surface area contributed by atoms with E-state index in [2.05, 4.69) is 0 Å². The van der Waals surface area contributed by atoms with Crippen LogP contribution in [0.15, 0.2) is 0 Å². The molecule has 23 heavy (non-hydrogen) atoms. The van der Waals surface area contributed by atoms with E-state index in [0.717, 1.165) is 12.8 Å². The minimum absolute atomic E-state index is 0.192. The van der Waals surface area contributed by atoms with Crippen molar-refractivity contribution in [3.8, 4) is 0 Å². The predicted molar refractivity (Wildman–Crippen MR) is 85.0 cm³/mol. The molecule has 0 heterocycles. The van der Waals surface area contributed by atoms with Crippen LogP contribution in [0, 0.1) is 5.41 Å². The van der Waals surface area contributed by atoms with Crippen LogP contribution in [0.2, 0.25) is 0 Å². The summed E-state index contributed by atoms with van der Waals surface area (Å²) in [4.78, 5) is 12.7. The molecule has 4 bridgehead atoms. The molecule has 0 aromatic rings. The van der Waals surface area contributed by atoms with Crippen molar-refractivity contribution in [2.75, 3.05) is 14.2 Å². The van der Waals surface area contributed by atoms with Crippen molar-refractivity contribution >= 4 is 5.97 Å². The van der Waals surface area contributed by atoms with Gasteiger partial charge in [0.15, 0.2) is 0 Å². The van der Waals surface area contributed by atoms with Gasteiger partial charge in [0.2, 0.25) is 0 Å². The maximum absolute atomic E-state index is 12.7. The third kappa shape index (κ3) is 2.61. The maximum Gasteiger partial charge on any atom is 0.312 e. The topological polar surface area (TPSA) is 65.0 Å². The van der Waals surface area contributed by atoms with Crippen molar-refractivity contribution < 1.29 is 24.1 Å². The quantitative estimate of drug-likeness (QED) is 0.787. The van der Waals surface area contributed by atoms with Gasteiger partial charge in [0.25, 0.3) is 0 Å². The summed E-state index contributed by atoms with van der Waals surface area (Å²) >= 11 is 0. The Labute approximate surface area is 138 Å². The molecule has 132 valence electrons. The minimum atomic E-state index is -0.878. The lowest BCUT2D eigenvalue weighted by Crippen LogP contribution is -2.73. The van der Waals surface area contributed by atoms with Crippen LogP contribution in [0.1, 0.15) is 65.7 Å². The van der Waals surface area contributed by atoms with Gasteiger partial charge in [-0.3, -0.25) is 4.79 Å². The summed E-state index contributed by atoms with van der Waals surface area (Å²) in [6.45, 7) is 5.80. The van der Waals surface area contributed by atoms with Crippen molar-refractivity contribution in [2.24, 2.45) is 5.41 Å². The van der Waals surface area contributed by atoms with E-state index >= 15 is 0 Å². The highest BCUT2D eigenvalue weighted by atomic mass is 16.6. The third-order valence-electron chi connectivity index (χ3n) is 6.50. The second-order valence-corrected chi connectivity index (χ2v) is 8.87. The number of hydrogen-bond acceptors (Lipinski definition) is 5. The number of hydrogen-bond donors (Lipinski definition) is 1. The first-order chi connectivity index (χ1) is 10.6. The first-order valence-corrected chi connectivity index (χ1v) is 8.61. The van der Waals surface area contributed by atoms with E-state index in [1.807, 2.05) is 20.8 Å². The van der Waals surface area contributed by atoms with Crippen molar-refractivity contribution in [2.45, 2.75) is 88.1 Å². The van der Waals surface area contributed by atoms with Gasteiger partial charge in [-0.15, -0.1) is 0 Å². The SMILES string of the molecule is CCC(C)(C)C(=O)OC12CC3(O)CC(OC)(CC(OC)(C3)C1)C2. The molecule has 0 aromatic carbocycles. The molecule has 0 spiro atoms. The van der Waals surface area contributed by atoms with Gasteiger partial charge in [0, 0.05) is 52.7 Å². The first kappa shape index (κ1) is 17.2. The van der Waals surface area contributed by atoms with Crippen molar-refractivity contribution in [1.82, 2.24) is 0 Å². The van der Waals surface area contributed by atoms with Crippen LogP contribution in [0.5, 0.6) is 0 Å². The molecular weight excluding hydrogens is 296 g/mol. The van der Waals surface area contributed by atoms with Crippen molar-refractivity contribution in [3.05, 3.63) is 0 Å². The van der Waals surface area contributed by atoms with Gasteiger partial charge in [0.1, 0.15) is 5.60 Å². The fourth-order valence-corrected chi connectivity index (χ4v) is 5.33. The Kier molecular flexibility index (Phi) is 3.68. The molecule has 2 atom stereocenters. The number of carbonyl (C=O) groups excluding carboxylic acids is 1. The van der Waals surface area contributed by atoms with E-state index in [4.69, 9.17) is 14.2 Å². The molecule has 4 aliphatic rings. The standard InChI is InChI=1S/C18H30O5/c1-6-14(2,3)13(19)23-18-9-15(20)7-16(11-18,21-4)10-17(8-15,12-18)22-5/h20H,6-12H2,1-5H3. The molecule has 5 nitrogen and oxygen atoms in total. The highest BCUT2D eigenvalue weighted by Gasteiger charge is 2.70. The average molecular weight is 326 g/mol. The summed E-state index contributed by atoms with van der Waals surface area (Å²) in [5.41, 5.74) is -3.00. The Morgan fingerprint density at radius 3 is 1.83 bits per heavy atom. The predicted octanol–water partition coefficient (Wildman–Crippen LogP) is 2.59. The van der Waals surface area contributed by atoms with Crippen molar-refractivity contribution in [1.29, 1.82) is 0 Å². The normalized spacial score (nSPS) is 45.3. The monoisotopic (exact) mass is 326 g/mol. The molecule has 2 unspecified atom stereocenters. The van der Waals surface area contributed by atoms with Gasteiger partial charge in [0.05, 0.1) is 22.2 Å². The minimum Gasteiger partial charge on any atom is -0.458 e. The van der Waals surface area contributed by atoms with Crippen LogP contribution in [-0.2, 0) is 19.0 Å². The molecule has 1 N–H and O–H groups in total. The molecule has 0 radical (unpaired) electrons. The van der Waals surface area contributed by atoms with E-state index in [0.29, 0.717) is 32.1 Å². The molecule has 4 fully saturated rings. The molecule has 4 aliphatic carbocycles. The average Bonchev–Trinajstić information content (AvgIpc) is 2.44. The lowest BCUT2D eigenvalue weighted by molar-refractivity contribution is -0.312. The lowest BCUT2D eigenvalue weighted by atomic mass is 9.48. The molecule has 0 aromatic heterocycles. The first-order valence-electron chi connectivity index (χ1n) is 8.61. The summed E-state index contributed by atoms with van der Waals surface area (Å²) in [6, 6.07) is 0. The Hall–Kier alpha value is -0.650. The van der Waals surface area contributed by atoms with Crippen LogP contribution >= 0.6 is 0 Å². The summed E-state index contributed by atoms with van der Waals surface area (Å²) < 4.78 is 17.7. The lowest BCUT2D eigenvalue weighted by Gasteiger charge is -2.67. The van der Waals surface area contributed by atoms with Crippen LogP contribution < -0.4 is 0 Å².